The molecule has 1 aliphatic heterocycles. The Morgan fingerprint density at radius 1 is 1.46 bits per heavy atom. The first-order chi connectivity index (χ1) is 11.8. The Kier molecular flexibility index (Phi) is 8.87. The molecule has 2 heterocycles. The molecule has 0 saturated carbocycles. The van der Waals surface area contributed by atoms with Crippen molar-refractivity contribution in [3.05, 3.63) is 29.0 Å². The molecule has 0 spiro atoms. The van der Waals surface area contributed by atoms with Crippen molar-refractivity contribution < 1.29 is 9.47 Å². The Labute approximate surface area is 149 Å². The quantitative estimate of drug-likeness (QED) is 0.307. The molecule has 1 aliphatic rings. The summed E-state index contributed by atoms with van der Waals surface area (Å²) in [5.74, 6) is 0.806. The summed E-state index contributed by atoms with van der Waals surface area (Å²) in [5, 5.41) is 7.06. The van der Waals surface area contributed by atoms with Crippen LogP contribution < -0.4 is 10.6 Å². The van der Waals surface area contributed by atoms with Crippen molar-refractivity contribution in [2.75, 3.05) is 39.5 Å². The maximum atomic E-state index is 5.79. The van der Waals surface area contributed by atoms with Gasteiger partial charge in [-0.25, -0.2) is 4.98 Å². The number of aromatic nitrogens is 1. The van der Waals surface area contributed by atoms with Crippen molar-refractivity contribution in [3.63, 3.8) is 0 Å². The average molecular weight is 355 g/mol. The molecule has 24 heavy (non-hydrogen) atoms. The molecular formula is C17H27ClN4O2. The van der Waals surface area contributed by atoms with E-state index in [-0.39, 0.29) is 6.10 Å². The van der Waals surface area contributed by atoms with E-state index >= 15 is 0 Å². The molecule has 2 N–H and O–H groups in total. The number of hydrogen-bond donors (Lipinski definition) is 2. The van der Waals surface area contributed by atoms with E-state index in [4.69, 9.17) is 21.1 Å². The molecule has 134 valence electrons. The lowest BCUT2D eigenvalue weighted by Crippen LogP contribution is -2.38. The van der Waals surface area contributed by atoms with Gasteiger partial charge in [0.2, 0.25) is 0 Å². The van der Waals surface area contributed by atoms with Crippen molar-refractivity contribution in [2.24, 2.45) is 4.99 Å². The molecule has 1 fully saturated rings. The first-order valence-corrected chi connectivity index (χ1v) is 8.97. The zero-order valence-corrected chi connectivity index (χ0v) is 15.0. The SMILES string of the molecule is CCNC(=NCCOCC1CCCO1)NCCc1ccc(Cl)nc1. The Morgan fingerprint density at radius 2 is 2.38 bits per heavy atom. The van der Waals surface area contributed by atoms with Crippen molar-refractivity contribution in [2.45, 2.75) is 32.3 Å². The van der Waals surface area contributed by atoms with Crippen LogP contribution in [0.25, 0.3) is 0 Å². The fourth-order valence-corrected chi connectivity index (χ4v) is 2.55. The van der Waals surface area contributed by atoms with Gasteiger partial charge in [0.15, 0.2) is 5.96 Å². The Hall–Kier alpha value is -1.37. The number of aliphatic imine (C=N–C) groups is 1. The summed E-state index contributed by atoms with van der Waals surface area (Å²) < 4.78 is 11.1. The van der Waals surface area contributed by atoms with Crippen LogP contribution in [0, 0.1) is 0 Å². The number of ether oxygens (including phenoxy) is 2. The van der Waals surface area contributed by atoms with E-state index in [9.17, 15) is 0 Å². The van der Waals surface area contributed by atoms with E-state index in [1.54, 1.807) is 6.20 Å². The van der Waals surface area contributed by atoms with Crippen LogP contribution in [0.3, 0.4) is 0 Å². The fraction of sp³-hybridized carbons (Fsp3) is 0.647. The van der Waals surface area contributed by atoms with Crippen LogP contribution in [-0.4, -0.2) is 56.5 Å². The molecule has 6 nitrogen and oxygen atoms in total. The van der Waals surface area contributed by atoms with Crippen molar-refractivity contribution in [3.8, 4) is 0 Å². The molecule has 0 aromatic carbocycles. The molecule has 0 aliphatic carbocycles. The smallest absolute Gasteiger partial charge is 0.191 e. The van der Waals surface area contributed by atoms with Gasteiger partial charge in [-0.2, -0.15) is 0 Å². The molecule has 0 amide bonds. The summed E-state index contributed by atoms with van der Waals surface area (Å²) in [6.07, 6.45) is 5.18. The van der Waals surface area contributed by atoms with E-state index in [0.717, 1.165) is 50.5 Å². The van der Waals surface area contributed by atoms with Crippen LogP contribution in [-0.2, 0) is 15.9 Å². The van der Waals surface area contributed by atoms with Crippen LogP contribution in [0.15, 0.2) is 23.3 Å². The van der Waals surface area contributed by atoms with Gasteiger partial charge in [-0.1, -0.05) is 17.7 Å². The van der Waals surface area contributed by atoms with Crippen LogP contribution in [0.2, 0.25) is 5.15 Å². The van der Waals surface area contributed by atoms with Crippen LogP contribution in [0.1, 0.15) is 25.3 Å². The number of rotatable bonds is 9. The van der Waals surface area contributed by atoms with E-state index in [2.05, 4.69) is 20.6 Å². The van der Waals surface area contributed by atoms with E-state index in [0.29, 0.717) is 24.9 Å². The van der Waals surface area contributed by atoms with Gasteiger partial charge in [-0.05, 0) is 37.8 Å². The summed E-state index contributed by atoms with van der Waals surface area (Å²) in [6, 6.07) is 3.79. The second-order valence-corrected chi connectivity index (χ2v) is 6.02. The summed E-state index contributed by atoms with van der Waals surface area (Å²) in [5.41, 5.74) is 1.14. The molecule has 1 atom stereocenters. The minimum atomic E-state index is 0.272. The predicted octanol–water partition coefficient (Wildman–Crippen LogP) is 2.03. The summed E-state index contributed by atoms with van der Waals surface area (Å²) in [6.45, 7) is 6.43. The number of halogens is 1. The lowest BCUT2D eigenvalue weighted by atomic mass is 10.2. The number of guanidine groups is 1. The average Bonchev–Trinajstić information content (AvgIpc) is 3.10. The van der Waals surface area contributed by atoms with Gasteiger partial charge in [-0.3, -0.25) is 4.99 Å². The minimum absolute atomic E-state index is 0.272. The van der Waals surface area contributed by atoms with Crippen molar-refractivity contribution in [1.82, 2.24) is 15.6 Å². The molecule has 0 radical (unpaired) electrons. The number of nitrogens with one attached hydrogen (secondary N) is 2. The molecule has 2 rings (SSSR count). The number of hydrogen-bond acceptors (Lipinski definition) is 4. The number of pyridine rings is 1. The van der Waals surface area contributed by atoms with Gasteiger partial charge in [0.1, 0.15) is 5.15 Å². The summed E-state index contributed by atoms with van der Waals surface area (Å²) >= 11 is 5.79. The normalized spacial score (nSPS) is 17.9. The van der Waals surface area contributed by atoms with Crippen LogP contribution in [0.4, 0.5) is 0 Å². The molecule has 7 heteroatoms. The third-order valence-corrected chi connectivity index (χ3v) is 3.90. The van der Waals surface area contributed by atoms with Crippen LogP contribution in [0.5, 0.6) is 0 Å². The molecule has 0 bridgehead atoms. The largest absolute Gasteiger partial charge is 0.377 e. The monoisotopic (exact) mass is 354 g/mol. The maximum absolute atomic E-state index is 5.79. The topological polar surface area (TPSA) is 67.8 Å². The second-order valence-electron chi connectivity index (χ2n) is 5.64. The molecule has 1 aromatic rings. The molecule has 1 unspecified atom stereocenters. The molecule has 1 aromatic heterocycles. The van der Waals surface area contributed by atoms with Gasteiger partial charge in [0.25, 0.3) is 0 Å². The van der Waals surface area contributed by atoms with E-state index in [1.807, 2.05) is 19.1 Å². The number of nitrogens with zero attached hydrogens (tertiary/aromatic N) is 2. The van der Waals surface area contributed by atoms with Gasteiger partial charge < -0.3 is 20.1 Å². The van der Waals surface area contributed by atoms with Crippen molar-refractivity contribution in [1.29, 1.82) is 0 Å². The first-order valence-electron chi connectivity index (χ1n) is 8.60. The van der Waals surface area contributed by atoms with E-state index < -0.39 is 0 Å². The Morgan fingerprint density at radius 3 is 3.08 bits per heavy atom. The molecular weight excluding hydrogens is 328 g/mol. The standard InChI is InChI=1S/C17H27ClN4O2/c1-2-19-17(20-8-7-14-5-6-16(18)22-12-14)21-9-11-23-13-15-4-3-10-24-15/h5-6,12,15H,2-4,7-11,13H2,1H3,(H2,19,20,21). The minimum Gasteiger partial charge on any atom is -0.377 e. The zero-order valence-electron chi connectivity index (χ0n) is 14.3. The van der Waals surface area contributed by atoms with Gasteiger partial charge >= 0.3 is 0 Å². The van der Waals surface area contributed by atoms with E-state index in [1.165, 1.54) is 0 Å². The Balaban J connectivity index is 1.63. The summed E-state index contributed by atoms with van der Waals surface area (Å²) in [7, 11) is 0. The van der Waals surface area contributed by atoms with Crippen LogP contribution >= 0.6 is 11.6 Å². The molecule has 1 saturated heterocycles. The highest BCUT2D eigenvalue weighted by Gasteiger charge is 2.14. The second kappa shape index (κ2) is 11.2. The highest BCUT2D eigenvalue weighted by Crippen LogP contribution is 2.11. The van der Waals surface area contributed by atoms with Gasteiger partial charge in [0, 0.05) is 25.9 Å². The third kappa shape index (κ3) is 7.47. The van der Waals surface area contributed by atoms with Gasteiger partial charge in [0.05, 0.1) is 25.9 Å². The maximum Gasteiger partial charge on any atom is 0.191 e. The highest BCUT2D eigenvalue weighted by atomic mass is 35.5. The summed E-state index contributed by atoms with van der Waals surface area (Å²) in [4.78, 5) is 8.60. The lowest BCUT2D eigenvalue weighted by Gasteiger charge is -2.12. The Bertz CT molecular complexity index is 490. The highest BCUT2D eigenvalue weighted by molar-refractivity contribution is 6.29. The lowest BCUT2D eigenvalue weighted by molar-refractivity contribution is 0.0200. The first kappa shape index (κ1) is 19.0. The van der Waals surface area contributed by atoms with Gasteiger partial charge in [-0.15, -0.1) is 0 Å². The van der Waals surface area contributed by atoms with Crippen molar-refractivity contribution >= 4 is 17.6 Å². The zero-order chi connectivity index (χ0) is 17.0. The fourth-order valence-electron chi connectivity index (χ4n) is 2.43. The predicted molar refractivity (Wildman–Crippen MR) is 96.7 cm³/mol. The third-order valence-electron chi connectivity index (χ3n) is 3.67.